The SMILES string of the molecule is C[C@H]1C[C@H]1C(=O)NNC(=O)c1cccc(S(=O)(=O)N(C)C)c1. The predicted molar refractivity (Wildman–Crippen MR) is 80.2 cm³/mol. The second-order valence-electron chi connectivity index (χ2n) is 5.58. The fourth-order valence-electron chi connectivity index (χ4n) is 1.98. The molecular formula is C14H19N3O4S. The van der Waals surface area contributed by atoms with E-state index in [0.717, 1.165) is 10.7 Å². The number of carbonyl (C=O) groups is 2. The minimum Gasteiger partial charge on any atom is -0.273 e. The van der Waals surface area contributed by atoms with E-state index in [1.165, 1.54) is 38.4 Å². The van der Waals surface area contributed by atoms with Crippen LogP contribution in [0.15, 0.2) is 29.2 Å². The summed E-state index contributed by atoms with van der Waals surface area (Å²) >= 11 is 0. The third-order valence-electron chi connectivity index (χ3n) is 3.62. The predicted octanol–water partition coefficient (Wildman–Crippen LogP) is 0.354. The van der Waals surface area contributed by atoms with Crippen LogP contribution in [0.5, 0.6) is 0 Å². The number of rotatable bonds is 4. The summed E-state index contributed by atoms with van der Waals surface area (Å²) in [6.07, 6.45) is 0.818. The minimum atomic E-state index is -3.61. The van der Waals surface area contributed by atoms with Crippen LogP contribution in [0, 0.1) is 11.8 Å². The lowest BCUT2D eigenvalue weighted by Crippen LogP contribution is -2.42. The minimum absolute atomic E-state index is 0.0206. The van der Waals surface area contributed by atoms with Gasteiger partial charge in [0.1, 0.15) is 0 Å². The van der Waals surface area contributed by atoms with Crippen molar-refractivity contribution >= 4 is 21.8 Å². The highest BCUT2D eigenvalue weighted by atomic mass is 32.2. The maximum atomic E-state index is 12.0. The Kier molecular flexibility index (Phi) is 4.52. The van der Waals surface area contributed by atoms with Gasteiger partial charge in [-0.1, -0.05) is 13.0 Å². The first-order chi connectivity index (χ1) is 10.2. The summed E-state index contributed by atoms with van der Waals surface area (Å²) in [6.45, 7) is 1.96. The molecule has 0 heterocycles. The van der Waals surface area contributed by atoms with Crippen molar-refractivity contribution in [2.24, 2.45) is 11.8 Å². The zero-order valence-electron chi connectivity index (χ0n) is 12.7. The molecule has 0 bridgehead atoms. The number of sulfonamides is 1. The van der Waals surface area contributed by atoms with Crippen molar-refractivity contribution < 1.29 is 18.0 Å². The summed E-state index contributed by atoms with van der Waals surface area (Å²) in [5.74, 6) is -0.499. The topological polar surface area (TPSA) is 95.6 Å². The molecule has 2 atom stereocenters. The van der Waals surface area contributed by atoms with Crippen molar-refractivity contribution in [3.05, 3.63) is 29.8 Å². The van der Waals surface area contributed by atoms with E-state index in [9.17, 15) is 18.0 Å². The maximum absolute atomic E-state index is 12.0. The molecule has 2 rings (SSSR count). The van der Waals surface area contributed by atoms with Crippen molar-refractivity contribution in [3.8, 4) is 0 Å². The van der Waals surface area contributed by atoms with E-state index in [4.69, 9.17) is 0 Å². The average Bonchev–Trinajstić information content (AvgIpc) is 3.21. The molecule has 0 spiro atoms. The molecule has 1 aromatic rings. The van der Waals surface area contributed by atoms with Crippen molar-refractivity contribution in [1.82, 2.24) is 15.2 Å². The van der Waals surface area contributed by atoms with Gasteiger partial charge in [-0.2, -0.15) is 0 Å². The van der Waals surface area contributed by atoms with Gasteiger partial charge in [-0.3, -0.25) is 20.4 Å². The van der Waals surface area contributed by atoms with E-state index >= 15 is 0 Å². The van der Waals surface area contributed by atoms with E-state index in [-0.39, 0.29) is 22.3 Å². The van der Waals surface area contributed by atoms with Gasteiger partial charge in [0.05, 0.1) is 4.90 Å². The smallest absolute Gasteiger partial charge is 0.269 e. The van der Waals surface area contributed by atoms with Gasteiger partial charge in [0.25, 0.3) is 5.91 Å². The molecule has 1 aliphatic rings. The Bertz CT molecular complexity index is 700. The van der Waals surface area contributed by atoms with Crippen molar-refractivity contribution in [2.45, 2.75) is 18.2 Å². The van der Waals surface area contributed by atoms with Crippen LogP contribution in [0.1, 0.15) is 23.7 Å². The van der Waals surface area contributed by atoms with Crippen LogP contribution >= 0.6 is 0 Å². The lowest BCUT2D eigenvalue weighted by molar-refractivity contribution is -0.123. The summed E-state index contributed by atoms with van der Waals surface area (Å²) in [5, 5.41) is 0. The maximum Gasteiger partial charge on any atom is 0.269 e. The van der Waals surface area contributed by atoms with Gasteiger partial charge >= 0.3 is 0 Å². The number of benzene rings is 1. The molecule has 1 saturated carbocycles. The van der Waals surface area contributed by atoms with Crippen LogP contribution in [-0.4, -0.2) is 38.6 Å². The Morgan fingerprint density at radius 1 is 1.23 bits per heavy atom. The Labute approximate surface area is 129 Å². The Balaban J connectivity index is 2.06. The summed E-state index contributed by atoms with van der Waals surface area (Å²) in [4.78, 5) is 23.6. The van der Waals surface area contributed by atoms with Crippen LogP contribution in [0.25, 0.3) is 0 Å². The standard InChI is InChI=1S/C14H19N3O4S/c1-9-7-12(9)14(19)16-15-13(18)10-5-4-6-11(8-10)22(20,21)17(2)3/h4-6,8-9,12H,7H2,1-3H3,(H,15,18)(H,16,19)/t9-,12+/m0/s1. The van der Waals surface area contributed by atoms with E-state index in [1.807, 2.05) is 6.92 Å². The van der Waals surface area contributed by atoms with E-state index in [2.05, 4.69) is 10.9 Å². The zero-order valence-corrected chi connectivity index (χ0v) is 13.5. The number of carbonyl (C=O) groups excluding carboxylic acids is 2. The average molecular weight is 325 g/mol. The molecule has 120 valence electrons. The van der Waals surface area contributed by atoms with E-state index < -0.39 is 15.9 Å². The number of hydrogen-bond acceptors (Lipinski definition) is 4. The molecule has 2 amide bonds. The van der Waals surface area contributed by atoms with Gasteiger partial charge in [0.2, 0.25) is 15.9 Å². The lowest BCUT2D eigenvalue weighted by Gasteiger charge is -2.12. The fraction of sp³-hybridized carbons (Fsp3) is 0.429. The lowest BCUT2D eigenvalue weighted by atomic mass is 10.2. The molecule has 7 nitrogen and oxygen atoms in total. The second kappa shape index (κ2) is 6.05. The summed E-state index contributed by atoms with van der Waals surface area (Å²) < 4.78 is 25.1. The molecule has 1 fully saturated rings. The fourth-order valence-corrected chi connectivity index (χ4v) is 2.93. The second-order valence-corrected chi connectivity index (χ2v) is 7.73. The molecule has 0 radical (unpaired) electrons. The molecule has 8 heteroatoms. The highest BCUT2D eigenvalue weighted by molar-refractivity contribution is 7.89. The van der Waals surface area contributed by atoms with Crippen molar-refractivity contribution in [3.63, 3.8) is 0 Å². The normalized spacial score (nSPS) is 20.5. The quantitative estimate of drug-likeness (QED) is 0.781. The molecule has 0 aliphatic heterocycles. The highest BCUT2D eigenvalue weighted by Gasteiger charge is 2.39. The Hall–Kier alpha value is -1.93. The zero-order chi connectivity index (χ0) is 16.5. The number of amides is 2. The first-order valence-electron chi connectivity index (χ1n) is 6.86. The number of nitrogens with one attached hydrogen (secondary N) is 2. The third-order valence-corrected chi connectivity index (χ3v) is 5.43. The number of nitrogens with zero attached hydrogens (tertiary/aromatic N) is 1. The van der Waals surface area contributed by atoms with Crippen LogP contribution in [0.3, 0.4) is 0 Å². The number of hydrazine groups is 1. The summed E-state index contributed by atoms with van der Waals surface area (Å²) in [6, 6.07) is 5.65. The Morgan fingerprint density at radius 2 is 1.86 bits per heavy atom. The first kappa shape index (κ1) is 16.4. The molecular weight excluding hydrogens is 306 g/mol. The van der Waals surface area contributed by atoms with Crippen LogP contribution < -0.4 is 10.9 Å². The third kappa shape index (κ3) is 3.45. The van der Waals surface area contributed by atoms with Gasteiger partial charge in [-0.25, -0.2) is 12.7 Å². The summed E-state index contributed by atoms with van der Waals surface area (Å²) in [5.41, 5.74) is 4.82. The van der Waals surface area contributed by atoms with Crippen molar-refractivity contribution in [1.29, 1.82) is 0 Å². The molecule has 1 aliphatic carbocycles. The number of hydrogen-bond donors (Lipinski definition) is 2. The Morgan fingerprint density at radius 3 is 2.41 bits per heavy atom. The summed E-state index contributed by atoms with van der Waals surface area (Å²) in [7, 11) is -0.777. The molecule has 1 aromatic carbocycles. The van der Waals surface area contributed by atoms with Crippen LogP contribution in [0.4, 0.5) is 0 Å². The first-order valence-corrected chi connectivity index (χ1v) is 8.30. The largest absolute Gasteiger partial charge is 0.273 e. The molecule has 0 aromatic heterocycles. The van der Waals surface area contributed by atoms with Gasteiger partial charge < -0.3 is 0 Å². The molecule has 0 saturated heterocycles. The van der Waals surface area contributed by atoms with Gasteiger partial charge in [-0.15, -0.1) is 0 Å². The van der Waals surface area contributed by atoms with Gasteiger partial charge in [0, 0.05) is 25.6 Å². The van der Waals surface area contributed by atoms with Crippen LogP contribution in [0.2, 0.25) is 0 Å². The monoisotopic (exact) mass is 325 g/mol. The van der Waals surface area contributed by atoms with Gasteiger partial charge in [0.15, 0.2) is 0 Å². The van der Waals surface area contributed by atoms with Crippen molar-refractivity contribution in [2.75, 3.05) is 14.1 Å². The highest BCUT2D eigenvalue weighted by Crippen LogP contribution is 2.37. The molecule has 2 N–H and O–H groups in total. The van der Waals surface area contributed by atoms with Gasteiger partial charge in [-0.05, 0) is 30.5 Å². The van der Waals surface area contributed by atoms with E-state index in [1.54, 1.807) is 0 Å². The van der Waals surface area contributed by atoms with Crippen LogP contribution in [-0.2, 0) is 14.8 Å². The molecule has 0 unspecified atom stereocenters. The molecule has 22 heavy (non-hydrogen) atoms. The van der Waals surface area contributed by atoms with E-state index in [0.29, 0.717) is 5.92 Å².